The molecule has 0 fully saturated rings. The molecule has 0 saturated carbocycles. The topological polar surface area (TPSA) is 47.6 Å². The molecular formula is C14H21NO3. The standard InChI is InChI=1S/C14H21NO3/c1-4-18-10-13-8-6-5-7-12(13)9-15-11(2)14(16)17-3/h5-8,11,15H,4,9-10H2,1-3H3. The van der Waals surface area contributed by atoms with Gasteiger partial charge in [0, 0.05) is 13.2 Å². The summed E-state index contributed by atoms with van der Waals surface area (Å²) in [4.78, 5) is 11.3. The van der Waals surface area contributed by atoms with Crippen molar-refractivity contribution in [3.8, 4) is 0 Å². The van der Waals surface area contributed by atoms with Gasteiger partial charge in [0.25, 0.3) is 0 Å². The number of carbonyl (C=O) groups excluding carboxylic acids is 1. The number of hydrogen-bond acceptors (Lipinski definition) is 4. The first kappa shape index (κ1) is 14.7. The van der Waals surface area contributed by atoms with Crippen molar-refractivity contribution in [3.05, 3.63) is 35.4 Å². The molecule has 1 rings (SSSR count). The maximum absolute atomic E-state index is 11.3. The number of rotatable bonds is 7. The summed E-state index contributed by atoms with van der Waals surface area (Å²) in [6, 6.07) is 7.73. The Bertz CT molecular complexity index is 379. The normalized spacial score (nSPS) is 12.2. The predicted octanol–water partition coefficient (Wildman–Crippen LogP) is 1.87. The van der Waals surface area contributed by atoms with Crippen LogP contribution in [0.4, 0.5) is 0 Å². The second-order valence-electron chi connectivity index (χ2n) is 4.03. The van der Waals surface area contributed by atoms with Crippen molar-refractivity contribution in [1.82, 2.24) is 5.32 Å². The minimum atomic E-state index is -0.310. The molecule has 1 aromatic carbocycles. The third kappa shape index (κ3) is 4.47. The molecule has 4 nitrogen and oxygen atoms in total. The fraction of sp³-hybridized carbons (Fsp3) is 0.500. The van der Waals surface area contributed by atoms with E-state index in [-0.39, 0.29) is 12.0 Å². The van der Waals surface area contributed by atoms with Crippen LogP contribution < -0.4 is 5.32 Å². The zero-order valence-corrected chi connectivity index (χ0v) is 11.2. The van der Waals surface area contributed by atoms with Crippen molar-refractivity contribution in [1.29, 1.82) is 0 Å². The van der Waals surface area contributed by atoms with Gasteiger partial charge in [-0.2, -0.15) is 0 Å². The van der Waals surface area contributed by atoms with Crippen LogP contribution in [-0.2, 0) is 27.4 Å². The molecule has 0 radical (unpaired) electrons. The summed E-state index contributed by atoms with van der Waals surface area (Å²) in [7, 11) is 1.39. The molecule has 0 saturated heterocycles. The van der Waals surface area contributed by atoms with Crippen molar-refractivity contribution in [3.63, 3.8) is 0 Å². The van der Waals surface area contributed by atoms with Crippen LogP contribution in [0.15, 0.2) is 24.3 Å². The molecular weight excluding hydrogens is 230 g/mol. The summed E-state index contributed by atoms with van der Waals surface area (Å²) >= 11 is 0. The van der Waals surface area contributed by atoms with Crippen molar-refractivity contribution in [2.75, 3.05) is 13.7 Å². The van der Waals surface area contributed by atoms with Crippen LogP contribution in [0.1, 0.15) is 25.0 Å². The second kappa shape index (κ2) is 7.84. The Morgan fingerprint density at radius 3 is 2.61 bits per heavy atom. The van der Waals surface area contributed by atoms with Crippen LogP contribution in [0.2, 0.25) is 0 Å². The van der Waals surface area contributed by atoms with Gasteiger partial charge in [0.2, 0.25) is 0 Å². The Hall–Kier alpha value is -1.39. The van der Waals surface area contributed by atoms with Crippen LogP contribution in [0.5, 0.6) is 0 Å². The molecule has 0 amide bonds. The fourth-order valence-electron chi connectivity index (χ4n) is 1.61. The van der Waals surface area contributed by atoms with Crippen LogP contribution in [0, 0.1) is 0 Å². The molecule has 0 aromatic heterocycles. The van der Waals surface area contributed by atoms with Gasteiger partial charge in [0.15, 0.2) is 0 Å². The van der Waals surface area contributed by atoms with Gasteiger partial charge in [0.05, 0.1) is 13.7 Å². The highest BCUT2D eigenvalue weighted by atomic mass is 16.5. The molecule has 0 spiro atoms. The lowest BCUT2D eigenvalue weighted by molar-refractivity contribution is -0.142. The van der Waals surface area contributed by atoms with Gasteiger partial charge in [0.1, 0.15) is 6.04 Å². The van der Waals surface area contributed by atoms with Gasteiger partial charge < -0.3 is 14.8 Å². The smallest absolute Gasteiger partial charge is 0.322 e. The Labute approximate surface area is 108 Å². The van der Waals surface area contributed by atoms with Gasteiger partial charge in [-0.25, -0.2) is 0 Å². The third-order valence-corrected chi connectivity index (χ3v) is 2.73. The quantitative estimate of drug-likeness (QED) is 0.752. The van der Waals surface area contributed by atoms with E-state index in [2.05, 4.69) is 10.1 Å². The molecule has 0 heterocycles. The molecule has 1 N–H and O–H groups in total. The first-order valence-electron chi connectivity index (χ1n) is 6.14. The zero-order chi connectivity index (χ0) is 13.4. The van der Waals surface area contributed by atoms with Crippen LogP contribution >= 0.6 is 0 Å². The van der Waals surface area contributed by atoms with E-state index >= 15 is 0 Å². The van der Waals surface area contributed by atoms with Crippen LogP contribution in [0.3, 0.4) is 0 Å². The molecule has 0 aliphatic carbocycles. The summed E-state index contributed by atoms with van der Waals surface area (Å²) in [5, 5.41) is 3.14. The second-order valence-corrected chi connectivity index (χ2v) is 4.03. The average Bonchev–Trinajstić information content (AvgIpc) is 2.42. The Morgan fingerprint density at radius 2 is 2.00 bits per heavy atom. The number of hydrogen-bond donors (Lipinski definition) is 1. The van der Waals surface area contributed by atoms with Gasteiger partial charge in [-0.05, 0) is 25.0 Å². The van der Waals surface area contributed by atoms with Crippen molar-refractivity contribution in [2.45, 2.75) is 33.0 Å². The van der Waals surface area contributed by atoms with E-state index in [0.29, 0.717) is 19.8 Å². The van der Waals surface area contributed by atoms with Gasteiger partial charge >= 0.3 is 5.97 Å². The molecule has 0 aliphatic rings. The summed E-state index contributed by atoms with van der Waals surface area (Å²) in [6.45, 7) is 5.68. The van der Waals surface area contributed by atoms with E-state index < -0.39 is 0 Å². The highest BCUT2D eigenvalue weighted by Crippen LogP contribution is 2.10. The van der Waals surface area contributed by atoms with E-state index in [1.54, 1.807) is 6.92 Å². The first-order chi connectivity index (χ1) is 8.69. The minimum Gasteiger partial charge on any atom is -0.468 e. The SMILES string of the molecule is CCOCc1ccccc1CNC(C)C(=O)OC. The number of nitrogens with one attached hydrogen (secondary N) is 1. The number of ether oxygens (including phenoxy) is 2. The fourth-order valence-corrected chi connectivity index (χ4v) is 1.61. The number of methoxy groups -OCH3 is 1. The van der Waals surface area contributed by atoms with Crippen LogP contribution in [0.25, 0.3) is 0 Å². The van der Waals surface area contributed by atoms with E-state index in [9.17, 15) is 4.79 Å². The maximum Gasteiger partial charge on any atom is 0.322 e. The van der Waals surface area contributed by atoms with Crippen LogP contribution in [-0.4, -0.2) is 25.7 Å². The van der Waals surface area contributed by atoms with Crippen molar-refractivity contribution >= 4 is 5.97 Å². The Morgan fingerprint density at radius 1 is 1.33 bits per heavy atom. The number of carbonyl (C=O) groups is 1. The Kier molecular flexibility index (Phi) is 6.39. The van der Waals surface area contributed by atoms with Crippen molar-refractivity contribution in [2.24, 2.45) is 0 Å². The first-order valence-corrected chi connectivity index (χ1v) is 6.14. The Balaban J connectivity index is 2.58. The molecule has 18 heavy (non-hydrogen) atoms. The lowest BCUT2D eigenvalue weighted by Gasteiger charge is -2.14. The van der Waals surface area contributed by atoms with Crippen molar-refractivity contribution < 1.29 is 14.3 Å². The molecule has 1 aromatic rings. The number of esters is 1. The maximum atomic E-state index is 11.3. The summed E-state index contributed by atoms with van der Waals surface area (Å²) in [6.07, 6.45) is 0. The molecule has 4 heteroatoms. The summed E-state index contributed by atoms with van der Waals surface area (Å²) in [5.74, 6) is -0.253. The lowest BCUT2D eigenvalue weighted by Crippen LogP contribution is -2.34. The van der Waals surface area contributed by atoms with E-state index in [0.717, 1.165) is 11.1 Å². The van der Waals surface area contributed by atoms with E-state index in [1.165, 1.54) is 7.11 Å². The zero-order valence-electron chi connectivity index (χ0n) is 11.2. The summed E-state index contributed by atoms with van der Waals surface area (Å²) < 4.78 is 10.1. The molecule has 0 bridgehead atoms. The summed E-state index contributed by atoms with van der Waals surface area (Å²) in [5.41, 5.74) is 2.28. The van der Waals surface area contributed by atoms with Gasteiger partial charge in [-0.1, -0.05) is 24.3 Å². The van der Waals surface area contributed by atoms with Gasteiger partial charge in [-0.15, -0.1) is 0 Å². The molecule has 1 atom stereocenters. The minimum absolute atomic E-state index is 0.253. The monoisotopic (exact) mass is 251 g/mol. The molecule has 1 unspecified atom stereocenters. The molecule has 100 valence electrons. The number of benzene rings is 1. The highest BCUT2D eigenvalue weighted by Gasteiger charge is 2.12. The molecule has 0 aliphatic heterocycles. The highest BCUT2D eigenvalue weighted by molar-refractivity contribution is 5.75. The van der Waals surface area contributed by atoms with Gasteiger partial charge in [-0.3, -0.25) is 4.79 Å². The third-order valence-electron chi connectivity index (χ3n) is 2.73. The van der Waals surface area contributed by atoms with E-state index in [1.807, 2.05) is 31.2 Å². The average molecular weight is 251 g/mol. The van der Waals surface area contributed by atoms with E-state index in [4.69, 9.17) is 4.74 Å². The lowest BCUT2D eigenvalue weighted by atomic mass is 10.1. The largest absolute Gasteiger partial charge is 0.468 e. The predicted molar refractivity (Wildman–Crippen MR) is 70.1 cm³/mol.